The number of nitrogens with zero attached hydrogens (tertiary/aromatic N) is 1. The molecule has 0 heterocycles. The van der Waals surface area contributed by atoms with Crippen molar-refractivity contribution in [3.8, 4) is 0 Å². The molecule has 0 fully saturated rings. The van der Waals surface area contributed by atoms with Gasteiger partial charge >= 0.3 is 5.97 Å². The van der Waals surface area contributed by atoms with E-state index in [1.807, 2.05) is 6.92 Å². The average Bonchev–Trinajstić information content (AvgIpc) is 2.32. The Morgan fingerprint density at radius 3 is 2.57 bits per heavy atom. The van der Waals surface area contributed by atoms with Crippen LogP contribution in [0.15, 0.2) is 22.7 Å². The summed E-state index contributed by atoms with van der Waals surface area (Å²) >= 11 is 3.12. The second-order valence-electron chi connectivity index (χ2n) is 4.28. The number of hydrogen-bond donors (Lipinski definition) is 2. The van der Waals surface area contributed by atoms with E-state index in [4.69, 9.17) is 5.11 Å². The second kappa shape index (κ2) is 9.70. The summed E-state index contributed by atoms with van der Waals surface area (Å²) in [7, 11) is 0. The SMILES string of the molecule is CCCN(CC(=O)O)CC(=O)Nc1ccc(Br)cc1F.Cl. The zero-order valence-electron chi connectivity index (χ0n) is 11.4. The fourth-order valence-corrected chi connectivity index (χ4v) is 2.04. The van der Waals surface area contributed by atoms with E-state index in [2.05, 4.69) is 21.2 Å². The number of rotatable bonds is 7. The van der Waals surface area contributed by atoms with Crippen molar-refractivity contribution in [2.24, 2.45) is 0 Å². The Balaban J connectivity index is 0.00000400. The van der Waals surface area contributed by atoms with Gasteiger partial charge in [-0.1, -0.05) is 22.9 Å². The van der Waals surface area contributed by atoms with Crippen LogP contribution in [-0.4, -0.2) is 41.5 Å². The minimum atomic E-state index is -0.999. The van der Waals surface area contributed by atoms with Gasteiger partial charge in [-0.25, -0.2) is 4.39 Å². The summed E-state index contributed by atoms with van der Waals surface area (Å²) < 4.78 is 14.1. The third-order valence-electron chi connectivity index (χ3n) is 2.47. The Morgan fingerprint density at radius 2 is 2.05 bits per heavy atom. The fraction of sp³-hybridized carbons (Fsp3) is 0.385. The standard InChI is InChI=1S/C13H16BrFN2O3.ClH/c1-2-5-17(8-13(19)20)7-12(18)16-11-4-3-9(14)6-10(11)15;/h3-4,6H,2,5,7-8H2,1H3,(H,16,18)(H,19,20);1H. The van der Waals surface area contributed by atoms with E-state index >= 15 is 0 Å². The van der Waals surface area contributed by atoms with Crippen LogP contribution in [0, 0.1) is 5.82 Å². The Kier molecular flexibility index (Phi) is 9.16. The molecule has 0 bridgehead atoms. The van der Waals surface area contributed by atoms with E-state index in [9.17, 15) is 14.0 Å². The lowest BCUT2D eigenvalue weighted by atomic mass is 10.3. The van der Waals surface area contributed by atoms with E-state index in [0.29, 0.717) is 11.0 Å². The minimum Gasteiger partial charge on any atom is -0.480 e. The van der Waals surface area contributed by atoms with Crippen LogP contribution >= 0.6 is 28.3 Å². The highest BCUT2D eigenvalue weighted by Gasteiger charge is 2.14. The van der Waals surface area contributed by atoms with E-state index in [-0.39, 0.29) is 31.2 Å². The lowest BCUT2D eigenvalue weighted by Crippen LogP contribution is -2.37. The van der Waals surface area contributed by atoms with Crippen LogP contribution in [0.1, 0.15) is 13.3 Å². The maximum Gasteiger partial charge on any atom is 0.317 e. The number of carboxylic acid groups (broad SMARTS) is 1. The second-order valence-corrected chi connectivity index (χ2v) is 5.19. The molecule has 0 spiro atoms. The number of carbonyl (C=O) groups excluding carboxylic acids is 1. The van der Waals surface area contributed by atoms with Crippen LogP contribution in [0.4, 0.5) is 10.1 Å². The highest BCUT2D eigenvalue weighted by Crippen LogP contribution is 2.19. The highest BCUT2D eigenvalue weighted by molar-refractivity contribution is 9.10. The largest absolute Gasteiger partial charge is 0.480 e. The number of carboxylic acids is 1. The van der Waals surface area contributed by atoms with Crippen LogP contribution in [0.3, 0.4) is 0 Å². The molecule has 1 aromatic rings. The summed E-state index contributed by atoms with van der Waals surface area (Å²) in [4.78, 5) is 24.0. The zero-order chi connectivity index (χ0) is 15.1. The van der Waals surface area contributed by atoms with Crippen molar-refractivity contribution in [1.82, 2.24) is 4.90 Å². The lowest BCUT2D eigenvalue weighted by molar-refractivity contribution is -0.138. The maximum absolute atomic E-state index is 13.6. The average molecular weight is 384 g/mol. The molecule has 2 N–H and O–H groups in total. The molecule has 0 atom stereocenters. The summed E-state index contributed by atoms with van der Waals surface area (Å²) in [6, 6.07) is 4.30. The van der Waals surface area contributed by atoms with Crippen LogP contribution < -0.4 is 5.32 Å². The molecular weight excluding hydrogens is 367 g/mol. The van der Waals surface area contributed by atoms with Crippen molar-refractivity contribution < 1.29 is 19.1 Å². The molecule has 0 aliphatic heterocycles. The van der Waals surface area contributed by atoms with Gasteiger partial charge in [-0.05, 0) is 31.2 Å². The Bertz CT molecular complexity index is 502. The molecule has 0 saturated carbocycles. The molecule has 5 nitrogen and oxygen atoms in total. The van der Waals surface area contributed by atoms with Crippen molar-refractivity contribution in [1.29, 1.82) is 0 Å². The smallest absolute Gasteiger partial charge is 0.317 e. The molecule has 0 aromatic heterocycles. The van der Waals surface area contributed by atoms with Gasteiger partial charge < -0.3 is 10.4 Å². The number of benzene rings is 1. The topological polar surface area (TPSA) is 69.6 Å². The van der Waals surface area contributed by atoms with Crippen LogP contribution in [0.5, 0.6) is 0 Å². The number of halogens is 3. The van der Waals surface area contributed by atoms with E-state index in [1.54, 1.807) is 6.07 Å². The number of anilines is 1. The molecule has 0 radical (unpaired) electrons. The predicted octanol–water partition coefficient (Wildman–Crippen LogP) is 2.75. The quantitative estimate of drug-likeness (QED) is 0.759. The van der Waals surface area contributed by atoms with Gasteiger partial charge in [0.1, 0.15) is 5.82 Å². The summed E-state index contributed by atoms with van der Waals surface area (Å²) in [6.07, 6.45) is 0.729. The van der Waals surface area contributed by atoms with Gasteiger partial charge in [0.25, 0.3) is 0 Å². The first-order chi connectivity index (χ1) is 9.42. The first kappa shape index (κ1) is 19.8. The van der Waals surface area contributed by atoms with Gasteiger partial charge in [0.05, 0.1) is 18.8 Å². The van der Waals surface area contributed by atoms with Gasteiger partial charge in [-0.15, -0.1) is 12.4 Å². The van der Waals surface area contributed by atoms with Crippen molar-refractivity contribution in [3.05, 3.63) is 28.5 Å². The normalized spacial score (nSPS) is 10.1. The van der Waals surface area contributed by atoms with Gasteiger partial charge in [0, 0.05) is 4.47 Å². The molecule has 1 rings (SSSR count). The third kappa shape index (κ3) is 7.40. The molecule has 0 aliphatic rings. The van der Waals surface area contributed by atoms with Crippen molar-refractivity contribution in [3.63, 3.8) is 0 Å². The Labute approximate surface area is 137 Å². The highest BCUT2D eigenvalue weighted by atomic mass is 79.9. The minimum absolute atomic E-state index is 0. The number of aliphatic carboxylic acids is 1. The summed E-state index contributed by atoms with van der Waals surface area (Å²) in [5.74, 6) is -1.99. The lowest BCUT2D eigenvalue weighted by Gasteiger charge is -2.18. The van der Waals surface area contributed by atoms with E-state index < -0.39 is 17.7 Å². The fourth-order valence-electron chi connectivity index (χ4n) is 1.71. The molecule has 0 unspecified atom stereocenters. The van der Waals surface area contributed by atoms with Crippen molar-refractivity contribution in [2.45, 2.75) is 13.3 Å². The van der Waals surface area contributed by atoms with Crippen molar-refractivity contribution >= 4 is 45.9 Å². The number of amides is 1. The number of carbonyl (C=O) groups is 2. The summed E-state index contributed by atoms with van der Waals surface area (Å²) in [6.45, 7) is 2.07. The molecule has 1 aromatic carbocycles. The first-order valence-corrected chi connectivity index (χ1v) is 6.90. The van der Waals surface area contributed by atoms with Crippen molar-refractivity contribution in [2.75, 3.05) is 25.0 Å². The molecular formula is C13H17BrClFN2O3. The first-order valence-electron chi connectivity index (χ1n) is 6.11. The van der Waals surface area contributed by atoms with Crippen LogP contribution in [0.25, 0.3) is 0 Å². The Morgan fingerprint density at radius 1 is 1.38 bits per heavy atom. The van der Waals surface area contributed by atoms with Gasteiger partial charge in [0.15, 0.2) is 0 Å². The Hall–Kier alpha value is -1.18. The van der Waals surface area contributed by atoms with E-state index in [1.165, 1.54) is 17.0 Å². The number of nitrogens with one attached hydrogen (secondary N) is 1. The monoisotopic (exact) mass is 382 g/mol. The zero-order valence-corrected chi connectivity index (χ0v) is 13.8. The van der Waals surface area contributed by atoms with Gasteiger partial charge in [-0.3, -0.25) is 14.5 Å². The van der Waals surface area contributed by atoms with Crippen LogP contribution in [0.2, 0.25) is 0 Å². The molecule has 21 heavy (non-hydrogen) atoms. The molecule has 8 heteroatoms. The predicted molar refractivity (Wildman–Crippen MR) is 84.3 cm³/mol. The number of hydrogen-bond acceptors (Lipinski definition) is 3. The van der Waals surface area contributed by atoms with Gasteiger partial charge in [-0.2, -0.15) is 0 Å². The molecule has 0 saturated heterocycles. The van der Waals surface area contributed by atoms with Gasteiger partial charge in [0.2, 0.25) is 5.91 Å². The summed E-state index contributed by atoms with van der Waals surface area (Å²) in [5, 5.41) is 11.2. The third-order valence-corrected chi connectivity index (χ3v) is 2.96. The van der Waals surface area contributed by atoms with E-state index in [0.717, 1.165) is 6.42 Å². The molecule has 1 amide bonds. The molecule has 118 valence electrons. The summed E-state index contributed by atoms with van der Waals surface area (Å²) in [5.41, 5.74) is 0.0740. The maximum atomic E-state index is 13.6. The molecule has 0 aliphatic carbocycles. The van der Waals surface area contributed by atoms with Crippen LogP contribution in [-0.2, 0) is 9.59 Å².